The van der Waals surface area contributed by atoms with E-state index in [9.17, 15) is 14.9 Å². The minimum Gasteiger partial charge on any atom is -0.351 e. The molecule has 0 aliphatic heterocycles. The van der Waals surface area contributed by atoms with E-state index in [1.165, 1.54) is 43.6 Å². The minimum absolute atomic E-state index is 0.0224. The van der Waals surface area contributed by atoms with Gasteiger partial charge in [0.25, 0.3) is 11.6 Å². The van der Waals surface area contributed by atoms with Crippen LogP contribution in [-0.4, -0.2) is 17.4 Å². The second-order valence-electron chi connectivity index (χ2n) is 5.89. The van der Waals surface area contributed by atoms with Crippen molar-refractivity contribution in [3.05, 3.63) is 57.7 Å². The molecule has 0 unspecified atom stereocenters. The molecule has 6 nitrogen and oxygen atoms in total. The normalized spacial score (nSPS) is 11.3. The molecule has 0 aliphatic rings. The van der Waals surface area contributed by atoms with E-state index >= 15 is 0 Å². The van der Waals surface area contributed by atoms with Crippen molar-refractivity contribution in [1.82, 2.24) is 5.32 Å². The van der Waals surface area contributed by atoms with E-state index < -0.39 is 10.8 Å². The molecule has 1 aromatic carbocycles. The third-order valence-corrected chi connectivity index (χ3v) is 3.85. The fourth-order valence-electron chi connectivity index (χ4n) is 2.41. The van der Waals surface area contributed by atoms with Crippen LogP contribution in [0.5, 0.6) is 0 Å². The van der Waals surface area contributed by atoms with Crippen molar-refractivity contribution >= 4 is 17.7 Å². The fraction of sp³-hybridized carbons (Fsp3) is 0.400. The van der Waals surface area contributed by atoms with Gasteiger partial charge in [-0.25, -0.2) is 0 Å². The van der Waals surface area contributed by atoms with Gasteiger partial charge in [0.2, 0.25) is 0 Å². The predicted molar refractivity (Wildman–Crippen MR) is 102 cm³/mol. The molecule has 6 heteroatoms. The van der Waals surface area contributed by atoms with E-state index in [1.807, 2.05) is 6.07 Å². The molecule has 1 aromatic rings. The van der Waals surface area contributed by atoms with E-state index in [4.69, 9.17) is 5.26 Å². The van der Waals surface area contributed by atoms with Crippen LogP contribution in [0.15, 0.2) is 42.0 Å². The summed E-state index contributed by atoms with van der Waals surface area (Å²) >= 11 is 0. The Morgan fingerprint density at radius 3 is 2.62 bits per heavy atom. The number of benzene rings is 1. The Balaban J connectivity index is 2.53. The highest BCUT2D eigenvalue weighted by molar-refractivity contribution is 5.97. The second-order valence-corrected chi connectivity index (χ2v) is 5.89. The van der Waals surface area contributed by atoms with Gasteiger partial charge >= 0.3 is 0 Å². The number of nitro groups is 1. The lowest BCUT2D eigenvalue weighted by Crippen LogP contribution is -2.25. The Labute approximate surface area is 154 Å². The molecular formula is C20H25N3O3. The third kappa shape index (κ3) is 7.75. The van der Waals surface area contributed by atoms with Crippen LogP contribution in [0.4, 0.5) is 5.69 Å². The van der Waals surface area contributed by atoms with Crippen LogP contribution in [0.3, 0.4) is 0 Å². The Bertz CT molecular complexity index is 702. The number of para-hydroxylation sites is 1. The van der Waals surface area contributed by atoms with Crippen LogP contribution in [0.1, 0.15) is 51.0 Å². The van der Waals surface area contributed by atoms with Gasteiger partial charge < -0.3 is 5.32 Å². The average Bonchev–Trinajstić information content (AvgIpc) is 2.64. The Morgan fingerprint density at radius 2 is 1.92 bits per heavy atom. The minimum atomic E-state index is -0.470. The average molecular weight is 355 g/mol. The van der Waals surface area contributed by atoms with Gasteiger partial charge in [-0.1, -0.05) is 57.2 Å². The zero-order chi connectivity index (χ0) is 19.2. The molecule has 138 valence electrons. The van der Waals surface area contributed by atoms with E-state index in [0.717, 1.165) is 19.3 Å². The molecule has 0 bridgehead atoms. The van der Waals surface area contributed by atoms with Gasteiger partial charge in [-0.05, 0) is 24.6 Å². The molecule has 0 spiro atoms. The summed E-state index contributed by atoms with van der Waals surface area (Å²) in [6.45, 7) is 2.71. The lowest BCUT2D eigenvalue weighted by atomic mass is 10.1. The summed E-state index contributed by atoms with van der Waals surface area (Å²) in [5.41, 5.74) is 0.368. The van der Waals surface area contributed by atoms with Crippen LogP contribution in [-0.2, 0) is 4.79 Å². The summed E-state index contributed by atoms with van der Waals surface area (Å²) in [6.07, 6.45) is 11.1. The molecule has 1 amide bonds. The first kappa shape index (κ1) is 21.1. The summed E-state index contributed by atoms with van der Waals surface area (Å²) < 4.78 is 0. The van der Waals surface area contributed by atoms with Gasteiger partial charge in [0.05, 0.1) is 10.5 Å². The molecule has 1 rings (SSSR count). The number of hydrogen-bond acceptors (Lipinski definition) is 4. The number of hydrogen-bond donors (Lipinski definition) is 1. The molecule has 1 N–H and O–H groups in total. The largest absolute Gasteiger partial charge is 0.351 e. The smallest absolute Gasteiger partial charge is 0.276 e. The van der Waals surface area contributed by atoms with Crippen molar-refractivity contribution in [1.29, 1.82) is 5.26 Å². The van der Waals surface area contributed by atoms with Crippen molar-refractivity contribution in [3.63, 3.8) is 0 Å². The molecule has 0 fully saturated rings. The number of amides is 1. The number of nitro benzene ring substituents is 1. The maximum Gasteiger partial charge on any atom is 0.276 e. The molecule has 26 heavy (non-hydrogen) atoms. The number of carbonyl (C=O) groups is 1. The topological polar surface area (TPSA) is 96.0 Å². The van der Waals surface area contributed by atoms with Gasteiger partial charge in [-0.15, -0.1) is 0 Å². The van der Waals surface area contributed by atoms with Gasteiger partial charge in [0.1, 0.15) is 11.6 Å². The molecule has 0 aromatic heterocycles. The van der Waals surface area contributed by atoms with E-state index in [-0.39, 0.29) is 11.3 Å². The third-order valence-electron chi connectivity index (χ3n) is 3.85. The highest BCUT2D eigenvalue weighted by Gasteiger charge is 2.09. The number of unbranched alkanes of at least 4 members (excludes halogenated alkanes) is 5. The molecule has 0 atom stereocenters. The lowest BCUT2D eigenvalue weighted by molar-refractivity contribution is -0.385. The van der Waals surface area contributed by atoms with Crippen molar-refractivity contribution in [3.8, 4) is 6.07 Å². The molecule has 0 radical (unpaired) electrons. The van der Waals surface area contributed by atoms with Crippen molar-refractivity contribution < 1.29 is 9.72 Å². The lowest BCUT2D eigenvalue weighted by Gasteiger charge is -2.04. The van der Waals surface area contributed by atoms with Crippen molar-refractivity contribution in [2.24, 2.45) is 0 Å². The second kappa shape index (κ2) is 12.4. The van der Waals surface area contributed by atoms with Crippen molar-refractivity contribution in [2.75, 3.05) is 6.54 Å². The maximum absolute atomic E-state index is 12.0. The first-order valence-electron chi connectivity index (χ1n) is 8.90. The first-order valence-corrected chi connectivity index (χ1v) is 8.90. The van der Waals surface area contributed by atoms with Crippen LogP contribution in [0.25, 0.3) is 6.08 Å². The van der Waals surface area contributed by atoms with Gasteiger partial charge in [-0.2, -0.15) is 5.26 Å². The SMILES string of the molecule is CCCCCCCCNC(=O)C(C#N)=CC=Cc1ccccc1[N+](=O)[O-]. The van der Waals surface area contributed by atoms with Crippen LogP contribution >= 0.6 is 0 Å². The van der Waals surface area contributed by atoms with Crippen molar-refractivity contribution in [2.45, 2.75) is 45.4 Å². The van der Waals surface area contributed by atoms with E-state index in [1.54, 1.807) is 18.2 Å². The Kier molecular flexibility index (Phi) is 10.1. The van der Waals surface area contributed by atoms with Gasteiger partial charge in [-0.3, -0.25) is 14.9 Å². The zero-order valence-corrected chi connectivity index (χ0v) is 15.1. The molecule has 0 aliphatic carbocycles. The Morgan fingerprint density at radius 1 is 1.23 bits per heavy atom. The first-order chi connectivity index (χ1) is 12.6. The highest BCUT2D eigenvalue weighted by Crippen LogP contribution is 2.19. The summed E-state index contributed by atoms with van der Waals surface area (Å²) in [7, 11) is 0. The number of nitrogens with one attached hydrogen (secondary N) is 1. The maximum atomic E-state index is 12.0. The number of nitriles is 1. The molecule has 0 saturated heterocycles. The molecular weight excluding hydrogens is 330 g/mol. The van der Waals surface area contributed by atoms with Crippen LogP contribution in [0, 0.1) is 21.4 Å². The monoisotopic (exact) mass is 355 g/mol. The van der Waals surface area contributed by atoms with E-state index in [2.05, 4.69) is 12.2 Å². The van der Waals surface area contributed by atoms with Crippen LogP contribution < -0.4 is 5.32 Å². The summed E-state index contributed by atoms with van der Waals surface area (Å²) in [4.78, 5) is 22.5. The molecule has 0 heterocycles. The summed E-state index contributed by atoms with van der Waals surface area (Å²) in [5.74, 6) is -0.423. The Hall–Kier alpha value is -2.94. The van der Waals surface area contributed by atoms with Gasteiger partial charge in [0, 0.05) is 12.6 Å². The summed E-state index contributed by atoms with van der Waals surface area (Å²) in [6, 6.07) is 8.14. The van der Waals surface area contributed by atoms with Crippen LogP contribution in [0.2, 0.25) is 0 Å². The number of carbonyl (C=O) groups excluding carboxylic acids is 1. The highest BCUT2D eigenvalue weighted by atomic mass is 16.6. The quantitative estimate of drug-likeness (QED) is 0.157. The van der Waals surface area contributed by atoms with E-state index in [0.29, 0.717) is 12.1 Å². The number of rotatable bonds is 11. The fourth-order valence-corrected chi connectivity index (χ4v) is 2.41. The summed E-state index contributed by atoms with van der Waals surface area (Å²) in [5, 5.41) is 22.8. The predicted octanol–water partition coefficient (Wildman–Crippen LogP) is 4.53. The standard InChI is InChI=1S/C20H25N3O3/c1-2-3-4-5-6-9-15-22-20(24)18(16-21)13-10-12-17-11-7-8-14-19(17)23(25)26/h7-8,10-14H,2-6,9,15H2,1H3,(H,22,24). The van der Waals surface area contributed by atoms with Gasteiger partial charge in [0.15, 0.2) is 0 Å². The number of allylic oxidation sites excluding steroid dienone is 2. The molecule has 0 saturated carbocycles. The zero-order valence-electron chi connectivity index (χ0n) is 15.1. The number of nitrogens with zero attached hydrogens (tertiary/aromatic N) is 2.